The molecule has 1 aliphatic heterocycles. The molecule has 1 saturated heterocycles. The first-order valence-corrected chi connectivity index (χ1v) is 11.2. The van der Waals surface area contributed by atoms with Crippen LogP contribution in [-0.4, -0.2) is 66.2 Å². The maximum atomic E-state index is 12.6. The molecule has 33 heavy (non-hydrogen) atoms. The third-order valence-corrected chi connectivity index (χ3v) is 5.76. The van der Waals surface area contributed by atoms with Crippen molar-refractivity contribution in [1.29, 1.82) is 0 Å². The minimum Gasteiger partial charge on any atom is -0.361 e. The van der Waals surface area contributed by atoms with Gasteiger partial charge in [-0.2, -0.15) is 0 Å². The highest BCUT2D eigenvalue weighted by atomic mass is 16.5. The van der Waals surface area contributed by atoms with Crippen molar-refractivity contribution in [2.45, 2.75) is 13.0 Å². The lowest BCUT2D eigenvalue weighted by molar-refractivity contribution is 0.0629. The van der Waals surface area contributed by atoms with E-state index in [9.17, 15) is 9.59 Å². The molecule has 0 bridgehead atoms. The van der Waals surface area contributed by atoms with Gasteiger partial charge in [-0.15, -0.1) is 0 Å². The quantitative estimate of drug-likeness (QED) is 0.581. The summed E-state index contributed by atoms with van der Waals surface area (Å²) in [6, 6.07) is 21.1. The van der Waals surface area contributed by atoms with Gasteiger partial charge in [-0.05, 0) is 18.1 Å². The van der Waals surface area contributed by atoms with E-state index in [2.05, 4.69) is 20.7 Å². The summed E-state index contributed by atoms with van der Waals surface area (Å²) >= 11 is 0. The summed E-state index contributed by atoms with van der Waals surface area (Å²) in [6.45, 7) is 5.78. The maximum Gasteiger partial charge on any atom is 0.315 e. The third-order valence-electron chi connectivity index (χ3n) is 5.76. The van der Waals surface area contributed by atoms with Gasteiger partial charge < -0.3 is 20.1 Å². The van der Waals surface area contributed by atoms with E-state index in [0.717, 1.165) is 30.8 Å². The lowest BCUT2D eigenvalue weighted by atomic mass is 9.99. The van der Waals surface area contributed by atoms with Gasteiger partial charge in [0.1, 0.15) is 5.76 Å². The zero-order valence-corrected chi connectivity index (χ0v) is 18.7. The number of carbonyl (C=O) groups excluding carboxylic acids is 2. The van der Waals surface area contributed by atoms with Crippen LogP contribution in [0.5, 0.6) is 0 Å². The Morgan fingerprint density at radius 1 is 0.970 bits per heavy atom. The van der Waals surface area contributed by atoms with Gasteiger partial charge in [0.25, 0.3) is 5.91 Å². The topological polar surface area (TPSA) is 90.7 Å². The van der Waals surface area contributed by atoms with Gasteiger partial charge in [0.05, 0.1) is 6.04 Å². The number of hydrogen-bond acceptors (Lipinski definition) is 5. The highest BCUT2D eigenvalue weighted by Gasteiger charge is 2.24. The zero-order valence-electron chi connectivity index (χ0n) is 18.7. The number of rotatable bonds is 7. The molecule has 3 amide bonds. The summed E-state index contributed by atoms with van der Waals surface area (Å²) in [5.41, 5.74) is 2.41. The summed E-state index contributed by atoms with van der Waals surface area (Å²) in [5.74, 6) is 0.528. The predicted octanol–water partition coefficient (Wildman–Crippen LogP) is 2.83. The number of aryl methyl sites for hydroxylation is 1. The fourth-order valence-corrected chi connectivity index (χ4v) is 3.96. The van der Waals surface area contributed by atoms with Crippen LogP contribution in [0.15, 0.2) is 71.3 Å². The molecule has 0 radical (unpaired) electrons. The van der Waals surface area contributed by atoms with Gasteiger partial charge >= 0.3 is 6.03 Å². The van der Waals surface area contributed by atoms with E-state index in [4.69, 9.17) is 4.52 Å². The molecular formula is C25H29N5O3. The fraction of sp³-hybridized carbons (Fsp3) is 0.320. The smallest absolute Gasteiger partial charge is 0.315 e. The monoisotopic (exact) mass is 447 g/mol. The number of aromatic nitrogens is 1. The Labute approximate surface area is 193 Å². The van der Waals surface area contributed by atoms with Gasteiger partial charge in [-0.3, -0.25) is 9.69 Å². The largest absolute Gasteiger partial charge is 0.361 e. The van der Waals surface area contributed by atoms with Crippen molar-refractivity contribution >= 4 is 11.9 Å². The van der Waals surface area contributed by atoms with Crippen molar-refractivity contribution in [1.82, 2.24) is 25.6 Å². The molecule has 0 saturated carbocycles. The Morgan fingerprint density at radius 3 is 2.12 bits per heavy atom. The van der Waals surface area contributed by atoms with Crippen molar-refractivity contribution < 1.29 is 14.1 Å². The fourth-order valence-electron chi connectivity index (χ4n) is 3.96. The third kappa shape index (κ3) is 5.98. The Balaban J connectivity index is 1.23. The van der Waals surface area contributed by atoms with Crippen molar-refractivity contribution in [3.63, 3.8) is 0 Å². The number of piperazine rings is 1. The van der Waals surface area contributed by atoms with Crippen LogP contribution < -0.4 is 10.6 Å². The van der Waals surface area contributed by atoms with Crippen LogP contribution in [0.4, 0.5) is 4.79 Å². The first-order valence-electron chi connectivity index (χ1n) is 11.2. The number of nitrogens with zero attached hydrogens (tertiary/aromatic N) is 3. The number of hydrogen-bond donors (Lipinski definition) is 2. The molecule has 2 aromatic carbocycles. The molecule has 2 heterocycles. The van der Waals surface area contributed by atoms with Crippen molar-refractivity contribution in [2.75, 3.05) is 39.3 Å². The molecule has 8 nitrogen and oxygen atoms in total. The number of amides is 3. The van der Waals surface area contributed by atoms with Crippen LogP contribution in [0.3, 0.4) is 0 Å². The summed E-state index contributed by atoms with van der Waals surface area (Å²) in [5, 5.41) is 9.87. The Hall–Kier alpha value is -3.65. The molecule has 4 rings (SSSR count). The SMILES string of the molecule is Cc1cc(C(=O)N2CCN(CCNC(=O)NC(c3ccccc3)c3ccccc3)CC2)no1. The minimum absolute atomic E-state index is 0.100. The molecule has 1 aliphatic rings. The minimum atomic E-state index is -0.220. The standard InChI is InChI=1S/C25H29N5O3/c1-19-18-22(28-33-19)24(31)30-16-14-29(15-17-30)13-12-26-25(32)27-23(20-8-4-2-5-9-20)21-10-6-3-7-11-21/h2-11,18,23H,12-17H2,1H3,(H2,26,27,32). The summed E-state index contributed by atoms with van der Waals surface area (Å²) in [7, 11) is 0. The average molecular weight is 448 g/mol. The van der Waals surface area contributed by atoms with Crippen LogP contribution >= 0.6 is 0 Å². The molecule has 1 fully saturated rings. The van der Waals surface area contributed by atoms with Crippen LogP contribution in [0.25, 0.3) is 0 Å². The molecular weight excluding hydrogens is 418 g/mol. The first kappa shape index (κ1) is 22.5. The lowest BCUT2D eigenvalue weighted by Gasteiger charge is -2.34. The molecule has 0 spiro atoms. The van der Waals surface area contributed by atoms with E-state index in [1.54, 1.807) is 17.9 Å². The van der Waals surface area contributed by atoms with Gasteiger partial charge in [0, 0.05) is 45.3 Å². The normalized spacial score (nSPS) is 14.3. The Morgan fingerprint density at radius 2 is 1.58 bits per heavy atom. The second kappa shape index (κ2) is 10.8. The van der Waals surface area contributed by atoms with Crippen molar-refractivity contribution in [3.8, 4) is 0 Å². The van der Waals surface area contributed by atoms with Crippen LogP contribution in [0.1, 0.15) is 33.4 Å². The molecule has 1 aromatic heterocycles. The van der Waals surface area contributed by atoms with Gasteiger partial charge in [-0.1, -0.05) is 65.8 Å². The number of nitrogens with one attached hydrogen (secondary N) is 2. The van der Waals surface area contributed by atoms with Crippen LogP contribution in [-0.2, 0) is 0 Å². The number of benzene rings is 2. The van der Waals surface area contributed by atoms with E-state index in [1.807, 2.05) is 60.7 Å². The zero-order chi connectivity index (χ0) is 23.0. The Kier molecular flexibility index (Phi) is 7.36. The Bertz CT molecular complexity index is 1010. The molecule has 2 N–H and O–H groups in total. The highest BCUT2D eigenvalue weighted by Crippen LogP contribution is 2.21. The second-order valence-corrected chi connectivity index (χ2v) is 8.11. The molecule has 3 aromatic rings. The van der Waals surface area contributed by atoms with Gasteiger partial charge in [0.2, 0.25) is 0 Å². The van der Waals surface area contributed by atoms with E-state index in [-0.39, 0.29) is 18.0 Å². The summed E-state index contributed by atoms with van der Waals surface area (Å²) in [4.78, 5) is 29.1. The van der Waals surface area contributed by atoms with E-state index in [0.29, 0.717) is 31.1 Å². The molecule has 8 heteroatoms. The van der Waals surface area contributed by atoms with Gasteiger partial charge in [0.15, 0.2) is 5.69 Å². The summed E-state index contributed by atoms with van der Waals surface area (Å²) < 4.78 is 5.00. The molecule has 0 atom stereocenters. The summed E-state index contributed by atoms with van der Waals surface area (Å²) in [6.07, 6.45) is 0. The van der Waals surface area contributed by atoms with Crippen molar-refractivity contribution in [2.24, 2.45) is 0 Å². The molecule has 172 valence electrons. The highest BCUT2D eigenvalue weighted by molar-refractivity contribution is 5.92. The number of carbonyl (C=O) groups is 2. The lowest BCUT2D eigenvalue weighted by Crippen LogP contribution is -2.50. The van der Waals surface area contributed by atoms with Gasteiger partial charge in [-0.25, -0.2) is 4.79 Å². The molecule has 0 unspecified atom stereocenters. The second-order valence-electron chi connectivity index (χ2n) is 8.11. The number of urea groups is 1. The maximum absolute atomic E-state index is 12.6. The van der Waals surface area contributed by atoms with E-state index >= 15 is 0 Å². The van der Waals surface area contributed by atoms with Crippen LogP contribution in [0.2, 0.25) is 0 Å². The van der Waals surface area contributed by atoms with E-state index < -0.39 is 0 Å². The first-order chi connectivity index (χ1) is 16.1. The van der Waals surface area contributed by atoms with Crippen molar-refractivity contribution in [3.05, 3.63) is 89.3 Å². The predicted molar refractivity (Wildman–Crippen MR) is 125 cm³/mol. The molecule has 0 aliphatic carbocycles. The van der Waals surface area contributed by atoms with E-state index in [1.165, 1.54) is 0 Å². The average Bonchev–Trinajstić information content (AvgIpc) is 3.30. The van der Waals surface area contributed by atoms with Crippen LogP contribution in [0, 0.1) is 6.92 Å².